The summed E-state index contributed by atoms with van der Waals surface area (Å²) >= 11 is 0. The molecule has 0 atom stereocenters. The van der Waals surface area contributed by atoms with Crippen LogP contribution in [-0.4, -0.2) is 19.8 Å². The molecule has 0 radical (unpaired) electrons. The second-order valence-electron chi connectivity index (χ2n) is 3.53. The SMILES string of the molecule is CCOCCNCc1ccccc1C(F)(F)F. The van der Waals surface area contributed by atoms with Gasteiger partial charge >= 0.3 is 6.18 Å². The number of benzene rings is 1. The van der Waals surface area contributed by atoms with Crippen molar-refractivity contribution in [2.75, 3.05) is 19.8 Å². The van der Waals surface area contributed by atoms with E-state index in [4.69, 9.17) is 4.74 Å². The lowest BCUT2D eigenvalue weighted by molar-refractivity contribution is -0.138. The van der Waals surface area contributed by atoms with E-state index in [-0.39, 0.29) is 12.1 Å². The normalized spacial score (nSPS) is 11.8. The maximum atomic E-state index is 12.6. The Bertz CT molecular complexity index is 339. The molecular weight excluding hydrogens is 231 g/mol. The first-order valence-corrected chi connectivity index (χ1v) is 5.49. The topological polar surface area (TPSA) is 21.3 Å². The summed E-state index contributed by atoms with van der Waals surface area (Å²) in [6, 6.07) is 5.58. The summed E-state index contributed by atoms with van der Waals surface area (Å²) < 4.78 is 43.0. The Morgan fingerprint density at radius 3 is 2.59 bits per heavy atom. The molecule has 0 unspecified atom stereocenters. The predicted octanol–water partition coefficient (Wildman–Crippen LogP) is 2.83. The Kier molecular flexibility index (Phi) is 5.44. The van der Waals surface area contributed by atoms with E-state index in [0.717, 1.165) is 6.07 Å². The van der Waals surface area contributed by atoms with Gasteiger partial charge in [-0.1, -0.05) is 18.2 Å². The zero-order valence-corrected chi connectivity index (χ0v) is 9.68. The van der Waals surface area contributed by atoms with Crippen LogP contribution < -0.4 is 5.32 Å². The average Bonchev–Trinajstić information content (AvgIpc) is 2.28. The minimum absolute atomic E-state index is 0.197. The Labute approximate surface area is 98.8 Å². The van der Waals surface area contributed by atoms with Gasteiger partial charge in [0.2, 0.25) is 0 Å². The fourth-order valence-electron chi connectivity index (χ4n) is 1.46. The van der Waals surface area contributed by atoms with Crippen LogP contribution in [0.25, 0.3) is 0 Å². The first kappa shape index (κ1) is 14.0. The lowest BCUT2D eigenvalue weighted by Crippen LogP contribution is -2.21. The molecule has 0 aromatic heterocycles. The highest BCUT2D eigenvalue weighted by molar-refractivity contribution is 5.29. The number of nitrogens with one attached hydrogen (secondary N) is 1. The number of alkyl halides is 3. The van der Waals surface area contributed by atoms with Crippen molar-refractivity contribution in [3.05, 3.63) is 35.4 Å². The number of halogens is 3. The number of rotatable bonds is 6. The van der Waals surface area contributed by atoms with E-state index in [0.29, 0.717) is 19.8 Å². The van der Waals surface area contributed by atoms with Crippen molar-refractivity contribution in [2.24, 2.45) is 0 Å². The van der Waals surface area contributed by atoms with Gasteiger partial charge in [-0.3, -0.25) is 0 Å². The summed E-state index contributed by atoms with van der Waals surface area (Å²) in [4.78, 5) is 0. The maximum absolute atomic E-state index is 12.6. The zero-order valence-electron chi connectivity index (χ0n) is 9.68. The second-order valence-corrected chi connectivity index (χ2v) is 3.53. The average molecular weight is 247 g/mol. The van der Waals surface area contributed by atoms with Crippen LogP contribution in [0.15, 0.2) is 24.3 Å². The summed E-state index contributed by atoms with van der Waals surface area (Å²) in [5, 5.41) is 2.92. The highest BCUT2D eigenvalue weighted by Crippen LogP contribution is 2.31. The van der Waals surface area contributed by atoms with Gasteiger partial charge in [0, 0.05) is 19.7 Å². The van der Waals surface area contributed by atoms with Gasteiger partial charge in [0.1, 0.15) is 0 Å². The molecule has 0 fully saturated rings. The molecule has 5 heteroatoms. The third-order valence-corrected chi connectivity index (χ3v) is 2.27. The van der Waals surface area contributed by atoms with Crippen LogP contribution in [0.5, 0.6) is 0 Å². The van der Waals surface area contributed by atoms with E-state index in [1.807, 2.05) is 6.92 Å². The van der Waals surface area contributed by atoms with Gasteiger partial charge in [0.25, 0.3) is 0 Å². The molecule has 0 aliphatic rings. The zero-order chi connectivity index (χ0) is 12.7. The van der Waals surface area contributed by atoms with Crippen molar-refractivity contribution >= 4 is 0 Å². The van der Waals surface area contributed by atoms with E-state index < -0.39 is 11.7 Å². The molecule has 1 N–H and O–H groups in total. The molecule has 1 aromatic rings. The molecule has 0 spiro atoms. The fraction of sp³-hybridized carbons (Fsp3) is 0.500. The van der Waals surface area contributed by atoms with E-state index in [9.17, 15) is 13.2 Å². The van der Waals surface area contributed by atoms with E-state index in [2.05, 4.69) is 5.32 Å². The number of hydrogen-bond donors (Lipinski definition) is 1. The van der Waals surface area contributed by atoms with Crippen LogP contribution in [0.1, 0.15) is 18.1 Å². The third kappa shape index (κ3) is 4.75. The van der Waals surface area contributed by atoms with Gasteiger partial charge < -0.3 is 10.1 Å². The van der Waals surface area contributed by atoms with E-state index in [1.54, 1.807) is 6.07 Å². The molecule has 0 heterocycles. The summed E-state index contributed by atoms with van der Waals surface area (Å²) in [6.45, 7) is 3.73. The van der Waals surface area contributed by atoms with Gasteiger partial charge in [0.05, 0.1) is 12.2 Å². The molecule has 0 aliphatic carbocycles. The quantitative estimate of drug-likeness (QED) is 0.780. The monoisotopic (exact) mass is 247 g/mol. The van der Waals surface area contributed by atoms with Crippen molar-refractivity contribution in [3.63, 3.8) is 0 Å². The third-order valence-electron chi connectivity index (χ3n) is 2.27. The van der Waals surface area contributed by atoms with E-state index in [1.165, 1.54) is 12.1 Å². The van der Waals surface area contributed by atoms with E-state index >= 15 is 0 Å². The molecule has 0 amide bonds. The number of ether oxygens (including phenoxy) is 1. The van der Waals surface area contributed by atoms with Gasteiger partial charge in [0.15, 0.2) is 0 Å². The molecular formula is C12H16F3NO. The van der Waals surface area contributed by atoms with Crippen LogP contribution >= 0.6 is 0 Å². The Balaban J connectivity index is 2.53. The maximum Gasteiger partial charge on any atom is 0.416 e. The van der Waals surface area contributed by atoms with Gasteiger partial charge in [-0.15, -0.1) is 0 Å². The second kappa shape index (κ2) is 6.61. The molecule has 0 saturated heterocycles. The molecule has 1 aromatic carbocycles. The lowest BCUT2D eigenvalue weighted by Gasteiger charge is -2.13. The highest BCUT2D eigenvalue weighted by Gasteiger charge is 2.32. The fourth-order valence-corrected chi connectivity index (χ4v) is 1.46. The van der Waals surface area contributed by atoms with Crippen LogP contribution in [0.4, 0.5) is 13.2 Å². The van der Waals surface area contributed by atoms with Crippen molar-refractivity contribution in [1.29, 1.82) is 0 Å². The molecule has 17 heavy (non-hydrogen) atoms. The molecule has 96 valence electrons. The van der Waals surface area contributed by atoms with Crippen molar-refractivity contribution in [1.82, 2.24) is 5.32 Å². The summed E-state index contributed by atoms with van der Waals surface area (Å²) in [6.07, 6.45) is -4.29. The smallest absolute Gasteiger partial charge is 0.380 e. The van der Waals surface area contributed by atoms with Crippen molar-refractivity contribution in [3.8, 4) is 0 Å². The van der Waals surface area contributed by atoms with Crippen LogP contribution in [0.2, 0.25) is 0 Å². The molecule has 1 rings (SSSR count). The first-order valence-electron chi connectivity index (χ1n) is 5.49. The highest BCUT2D eigenvalue weighted by atomic mass is 19.4. The molecule has 0 aliphatic heterocycles. The Morgan fingerprint density at radius 2 is 1.94 bits per heavy atom. The molecule has 0 bridgehead atoms. The lowest BCUT2D eigenvalue weighted by atomic mass is 10.1. The molecule has 2 nitrogen and oxygen atoms in total. The van der Waals surface area contributed by atoms with Crippen molar-refractivity contribution < 1.29 is 17.9 Å². The predicted molar refractivity (Wildman–Crippen MR) is 59.6 cm³/mol. The van der Waals surface area contributed by atoms with Crippen LogP contribution in [0, 0.1) is 0 Å². The Hall–Kier alpha value is -1.07. The van der Waals surface area contributed by atoms with Crippen LogP contribution in [-0.2, 0) is 17.5 Å². The van der Waals surface area contributed by atoms with Gasteiger partial charge in [-0.2, -0.15) is 13.2 Å². The molecule has 0 saturated carbocycles. The van der Waals surface area contributed by atoms with Crippen LogP contribution in [0.3, 0.4) is 0 Å². The minimum Gasteiger partial charge on any atom is -0.380 e. The summed E-state index contributed by atoms with van der Waals surface area (Å²) in [5.41, 5.74) is -0.319. The minimum atomic E-state index is -4.29. The Morgan fingerprint density at radius 1 is 1.24 bits per heavy atom. The standard InChI is InChI=1S/C12H16F3NO/c1-2-17-8-7-16-9-10-5-3-4-6-11(10)12(13,14)15/h3-6,16H,2,7-9H2,1H3. The largest absolute Gasteiger partial charge is 0.416 e. The summed E-state index contributed by atoms with van der Waals surface area (Å²) in [5.74, 6) is 0. The van der Waals surface area contributed by atoms with Crippen molar-refractivity contribution in [2.45, 2.75) is 19.6 Å². The number of hydrogen-bond acceptors (Lipinski definition) is 2. The first-order chi connectivity index (χ1) is 8.05. The van der Waals surface area contributed by atoms with Gasteiger partial charge in [-0.25, -0.2) is 0 Å². The summed E-state index contributed by atoms with van der Waals surface area (Å²) in [7, 11) is 0. The van der Waals surface area contributed by atoms with Gasteiger partial charge in [-0.05, 0) is 18.6 Å².